The molecule has 3 aromatic rings. The third kappa shape index (κ3) is 3.81. The molecule has 0 saturated heterocycles. The van der Waals surface area contributed by atoms with Crippen LogP contribution >= 0.6 is 15.9 Å². The molecule has 1 aromatic heterocycles. The van der Waals surface area contributed by atoms with Crippen LogP contribution < -0.4 is 4.74 Å². The first-order chi connectivity index (χ1) is 12.5. The predicted octanol–water partition coefficient (Wildman–Crippen LogP) is 5.76. The molecule has 0 saturated carbocycles. The summed E-state index contributed by atoms with van der Waals surface area (Å²) >= 11 is 3.52. The van der Waals surface area contributed by atoms with Gasteiger partial charge in [0, 0.05) is 27.1 Å². The third-order valence-electron chi connectivity index (χ3n) is 4.33. The largest absolute Gasteiger partial charge is 0.497 e. The number of carbonyl (C=O) groups excluding carboxylic acids is 1. The van der Waals surface area contributed by atoms with E-state index in [0.29, 0.717) is 5.56 Å². The summed E-state index contributed by atoms with van der Waals surface area (Å²) in [4.78, 5) is 12.4. The van der Waals surface area contributed by atoms with Crippen LogP contribution in [0.4, 0.5) is 0 Å². The monoisotopic (exact) mass is 409 g/mol. The van der Waals surface area contributed by atoms with Gasteiger partial charge >= 0.3 is 0 Å². The molecule has 3 rings (SSSR count). The summed E-state index contributed by atoms with van der Waals surface area (Å²) in [6.45, 7) is 4.13. The van der Waals surface area contributed by atoms with E-state index in [4.69, 9.17) is 4.74 Å². The number of aromatic nitrogens is 1. The standard InChI is InChI=1S/C22H20BrNO2/c1-15-13-18(16(2)24(15)20-6-4-5-19(23)14-20)9-12-22(25)17-7-10-21(26-3)11-8-17/h4-14H,1-3H3/b12-9+. The second-order valence-electron chi connectivity index (χ2n) is 6.07. The Morgan fingerprint density at radius 3 is 2.46 bits per heavy atom. The lowest BCUT2D eigenvalue weighted by Gasteiger charge is -2.10. The quantitative estimate of drug-likeness (QED) is 0.396. The molecule has 0 aliphatic rings. The number of hydrogen-bond donors (Lipinski definition) is 0. The van der Waals surface area contributed by atoms with Gasteiger partial charge in [0.25, 0.3) is 0 Å². The summed E-state index contributed by atoms with van der Waals surface area (Å²) in [7, 11) is 1.61. The Kier molecular flexibility index (Phi) is 5.43. The van der Waals surface area contributed by atoms with Gasteiger partial charge in [-0.25, -0.2) is 0 Å². The molecule has 0 N–H and O–H groups in total. The predicted molar refractivity (Wildman–Crippen MR) is 109 cm³/mol. The Bertz CT molecular complexity index is 968. The van der Waals surface area contributed by atoms with Crippen LogP contribution in [0.2, 0.25) is 0 Å². The van der Waals surface area contributed by atoms with E-state index >= 15 is 0 Å². The lowest BCUT2D eigenvalue weighted by molar-refractivity contribution is 0.104. The molecule has 0 unspecified atom stereocenters. The first kappa shape index (κ1) is 18.2. The van der Waals surface area contributed by atoms with Crippen molar-refractivity contribution in [1.29, 1.82) is 0 Å². The molecule has 26 heavy (non-hydrogen) atoms. The molecule has 132 valence electrons. The second kappa shape index (κ2) is 7.75. The van der Waals surface area contributed by atoms with Crippen molar-refractivity contribution in [3.05, 3.63) is 87.7 Å². The van der Waals surface area contributed by atoms with E-state index in [1.54, 1.807) is 37.5 Å². The smallest absolute Gasteiger partial charge is 0.185 e. The molecule has 4 heteroatoms. The summed E-state index contributed by atoms with van der Waals surface area (Å²) in [6.07, 6.45) is 3.50. The fraction of sp³-hybridized carbons (Fsp3) is 0.136. The average molecular weight is 410 g/mol. The van der Waals surface area contributed by atoms with E-state index in [2.05, 4.69) is 52.5 Å². The first-order valence-electron chi connectivity index (χ1n) is 8.31. The summed E-state index contributed by atoms with van der Waals surface area (Å²) in [6, 6.07) is 17.4. The molecule has 0 bridgehead atoms. The molecule has 1 heterocycles. The highest BCUT2D eigenvalue weighted by Gasteiger charge is 2.10. The molecule has 3 nitrogen and oxygen atoms in total. The van der Waals surface area contributed by atoms with E-state index in [1.165, 1.54) is 0 Å². The number of benzene rings is 2. The number of carbonyl (C=O) groups is 1. The Morgan fingerprint density at radius 2 is 1.81 bits per heavy atom. The van der Waals surface area contributed by atoms with Crippen LogP contribution in [0, 0.1) is 13.8 Å². The van der Waals surface area contributed by atoms with Gasteiger partial charge in [-0.15, -0.1) is 0 Å². The van der Waals surface area contributed by atoms with Crippen molar-refractivity contribution >= 4 is 27.8 Å². The molecule has 0 aliphatic heterocycles. The van der Waals surface area contributed by atoms with E-state index in [-0.39, 0.29) is 5.78 Å². The highest BCUT2D eigenvalue weighted by Crippen LogP contribution is 2.24. The van der Waals surface area contributed by atoms with Crippen LogP contribution in [-0.4, -0.2) is 17.5 Å². The maximum atomic E-state index is 12.4. The third-order valence-corrected chi connectivity index (χ3v) is 4.82. The van der Waals surface area contributed by atoms with Crippen LogP contribution in [0.25, 0.3) is 11.8 Å². The molecule has 0 spiro atoms. The van der Waals surface area contributed by atoms with E-state index in [9.17, 15) is 4.79 Å². The molecule has 0 fully saturated rings. The Labute approximate surface area is 162 Å². The Balaban J connectivity index is 1.87. The Hall–Kier alpha value is -2.59. The van der Waals surface area contributed by atoms with Gasteiger partial charge in [-0.1, -0.05) is 22.0 Å². The Morgan fingerprint density at radius 1 is 1.08 bits per heavy atom. The molecule has 0 amide bonds. The number of halogens is 1. The fourth-order valence-corrected chi connectivity index (χ4v) is 3.37. The second-order valence-corrected chi connectivity index (χ2v) is 6.98. The zero-order valence-corrected chi connectivity index (χ0v) is 16.6. The van der Waals surface area contributed by atoms with Crippen LogP contribution in [0.5, 0.6) is 5.75 Å². The lowest BCUT2D eigenvalue weighted by atomic mass is 10.1. The summed E-state index contributed by atoms with van der Waals surface area (Å²) in [5, 5.41) is 0. The average Bonchev–Trinajstić information content (AvgIpc) is 2.93. The number of aryl methyl sites for hydroxylation is 1. The van der Waals surface area contributed by atoms with Crippen LogP contribution in [-0.2, 0) is 0 Å². The molecule has 0 radical (unpaired) electrons. The minimum Gasteiger partial charge on any atom is -0.497 e. The maximum absolute atomic E-state index is 12.4. The summed E-state index contributed by atoms with van der Waals surface area (Å²) in [5.41, 5.74) is 4.99. The normalized spacial score (nSPS) is 11.1. The molecule has 0 atom stereocenters. The number of nitrogens with zero attached hydrogens (tertiary/aromatic N) is 1. The van der Waals surface area contributed by atoms with Crippen LogP contribution in [0.15, 0.2) is 65.1 Å². The number of methoxy groups -OCH3 is 1. The van der Waals surface area contributed by atoms with Crippen molar-refractivity contribution in [2.75, 3.05) is 7.11 Å². The van der Waals surface area contributed by atoms with Crippen molar-refractivity contribution in [2.45, 2.75) is 13.8 Å². The summed E-state index contributed by atoms with van der Waals surface area (Å²) < 4.78 is 8.34. The number of ether oxygens (including phenoxy) is 1. The van der Waals surface area contributed by atoms with Gasteiger partial charge in [-0.05, 0) is 80.1 Å². The highest BCUT2D eigenvalue weighted by atomic mass is 79.9. The number of ketones is 1. The topological polar surface area (TPSA) is 31.2 Å². The molecular formula is C22H20BrNO2. The van der Waals surface area contributed by atoms with Crippen molar-refractivity contribution in [3.63, 3.8) is 0 Å². The van der Waals surface area contributed by atoms with Crippen molar-refractivity contribution in [3.8, 4) is 11.4 Å². The van der Waals surface area contributed by atoms with Gasteiger partial charge in [-0.2, -0.15) is 0 Å². The zero-order chi connectivity index (χ0) is 18.7. The van der Waals surface area contributed by atoms with Gasteiger partial charge in [0.15, 0.2) is 5.78 Å². The van der Waals surface area contributed by atoms with Crippen LogP contribution in [0.1, 0.15) is 27.3 Å². The number of allylic oxidation sites excluding steroid dienone is 1. The highest BCUT2D eigenvalue weighted by molar-refractivity contribution is 9.10. The number of hydrogen-bond acceptors (Lipinski definition) is 2. The van der Waals surface area contributed by atoms with Crippen molar-refractivity contribution in [1.82, 2.24) is 4.57 Å². The van der Waals surface area contributed by atoms with Gasteiger partial charge < -0.3 is 9.30 Å². The van der Waals surface area contributed by atoms with Gasteiger partial charge in [0.1, 0.15) is 5.75 Å². The number of rotatable bonds is 5. The van der Waals surface area contributed by atoms with E-state index < -0.39 is 0 Å². The zero-order valence-electron chi connectivity index (χ0n) is 15.0. The van der Waals surface area contributed by atoms with Gasteiger partial charge in [-0.3, -0.25) is 4.79 Å². The summed E-state index contributed by atoms with van der Waals surface area (Å²) in [5.74, 6) is 0.711. The van der Waals surface area contributed by atoms with E-state index in [0.717, 1.165) is 32.9 Å². The van der Waals surface area contributed by atoms with Gasteiger partial charge in [0.2, 0.25) is 0 Å². The van der Waals surface area contributed by atoms with Crippen LogP contribution in [0.3, 0.4) is 0 Å². The minimum absolute atomic E-state index is 0.0279. The van der Waals surface area contributed by atoms with Gasteiger partial charge in [0.05, 0.1) is 7.11 Å². The molecular weight excluding hydrogens is 390 g/mol. The lowest BCUT2D eigenvalue weighted by Crippen LogP contribution is -1.99. The maximum Gasteiger partial charge on any atom is 0.185 e. The van der Waals surface area contributed by atoms with Crippen molar-refractivity contribution < 1.29 is 9.53 Å². The SMILES string of the molecule is COc1ccc(C(=O)/C=C/c2cc(C)n(-c3cccc(Br)c3)c2C)cc1. The first-order valence-corrected chi connectivity index (χ1v) is 9.10. The minimum atomic E-state index is -0.0279. The van der Waals surface area contributed by atoms with Crippen molar-refractivity contribution in [2.24, 2.45) is 0 Å². The molecule has 0 aliphatic carbocycles. The van der Waals surface area contributed by atoms with E-state index in [1.807, 2.05) is 18.2 Å². The molecule has 2 aromatic carbocycles. The fourth-order valence-electron chi connectivity index (χ4n) is 2.99.